The van der Waals surface area contributed by atoms with Gasteiger partial charge < -0.3 is 0 Å². The smallest absolute Gasteiger partial charge is 0.299 e. The Hall–Kier alpha value is -2.68. The number of aromatic nitrogens is 2. The van der Waals surface area contributed by atoms with Crippen molar-refractivity contribution in [3.05, 3.63) is 59.9 Å². The maximum atomic E-state index is 13.3. The normalized spacial score (nSPS) is 15.7. The van der Waals surface area contributed by atoms with Crippen LogP contribution in [0.5, 0.6) is 0 Å². The van der Waals surface area contributed by atoms with Gasteiger partial charge in [0.1, 0.15) is 5.78 Å². The zero-order valence-electron chi connectivity index (χ0n) is 15.9. The van der Waals surface area contributed by atoms with Crippen molar-refractivity contribution in [2.45, 2.75) is 43.2 Å². The van der Waals surface area contributed by atoms with Crippen LogP contribution in [0, 0.1) is 5.92 Å². The van der Waals surface area contributed by atoms with Crippen LogP contribution in [0.3, 0.4) is 0 Å². The van der Waals surface area contributed by atoms with E-state index in [1.807, 2.05) is 0 Å². The van der Waals surface area contributed by atoms with Crippen molar-refractivity contribution in [1.29, 1.82) is 0 Å². The first-order valence-electron chi connectivity index (χ1n) is 9.59. The van der Waals surface area contributed by atoms with Crippen molar-refractivity contribution in [1.82, 2.24) is 8.96 Å². The van der Waals surface area contributed by atoms with Crippen LogP contribution < -0.4 is 0 Å². The largest absolute Gasteiger partial charge is 0.417 e. The lowest BCUT2D eigenvalue weighted by molar-refractivity contribution is -0.137. The topological polar surface area (TPSA) is 69.0 Å². The highest BCUT2D eigenvalue weighted by Gasteiger charge is 2.33. The molecular weight excluding hydrogens is 417 g/mol. The van der Waals surface area contributed by atoms with Gasteiger partial charge in [-0.3, -0.25) is 4.79 Å². The van der Waals surface area contributed by atoms with Crippen LogP contribution in [-0.4, -0.2) is 23.2 Å². The molecule has 1 saturated carbocycles. The average molecular weight is 436 g/mol. The van der Waals surface area contributed by atoms with Crippen LogP contribution in [0.15, 0.2) is 53.6 Å². The summed E-state index contributed by atoms with van der Waals surface area (Å²) in [6.45, 7) is 0. The van der Waals surface area contributed by atoms with Crippen molar-refractivity contribution in [2.24, 2.45) is 5.92 Å². The van der Waals surface area contributed by atoms with Crippen LogP contribution in [0.1, 0.15) is 36.9 Å². The van der Waals surface area contributed by atoms with E-state index in [9.17, 15) is 26.4 Å². The molecule has 158 valence electrons. The Morgan fingerprint density at radius 3 is 2.40 bits per heavy atom. The second kappa shape index (κ2) is 7.54. The van der Waals surface area contributed by atoms with Gasteiger partial charge in [-0.1, -0.05) is 31.0 Å². The lowest BCUT2D eigenvalue weighted by Crippen LogP contribution is -2.20. The van der Waals surface area contributed by atoms with Gasteiger partial charge in [0.25, 0.3) is 10.0 Å². The molecule has 2 aromatic heterocycles. The maximum absolute atomic E-state index is 13.3. The number of ketones is 1. The van der Waals surface area contributed by atoms with Crippen molar-refractivity contribution in [3.63, 3.8) is 0 Å². The van der Waals surface area contributed by atoms with Gasteiger partial charge in [0.15, 0.2) is 5.65 Å². The second-order valence-corrected chi connectivity index (χ2v) is 9.26. The summed E-state index contributed by atoms with van der Waals surface area (Å²) in [7, 11) is -4.15. The van der Waals surface area contributed by atoms with Gasteiger partial charge in [0.2, 0.25) is 0 Å². The average Bonchev–Trinajstić information content (AvgIpc) is 3.35. The Morgan fingerprint density at radius 2 is 1.77 bits per heavy atom. The van der Waals surface area contributed by atoms with Crippen molar-refractivity contribution in [3.8, 4) is 0 Å². The third-order valence-electron chi connectivity index (χ3n) is 5.45. The SMILES string of the molecule is O=C(Cc1cc2cc(C(F)(F)F)cnc2n1S(=O)(=O)c1ccccc1)C1CCCC1. The van der Waals surface area contributed by atoms with E-state index in [2.05, 4.69) is 4.98 Å². The molecule has 0 saturated heterocycles. The number of nitrogens with zero attached hydrogens (tertiary/aromatic N) is 2. The minimum atomic E-state index is -4.61. The van der Waals surface area contributed by atoms with Crippen LogP contribution in [0.4, 0.5) is 13.2 Å². The van der Waals surface area contributed by atoms with E-state index in [-0.39, 0.29) is 39.7 Å². The number of halogens is 3. The molecule has 0 amide bonds. The number of carbonyl (C=O) groups excluding carboxylic acids is 1. The fraction of sp³-hybridized carbons (Fsp3) is 0.333. The number of benzene rings is 1. The molecule has 0 bridgehead atoms. The number of hydrogen-bond donors (Lipinski definition) is 0. The van der Waals surface area contributed by atoms with Gasteiger partial charge in [0.05, 0.1) is 10.5 Å². The number of carbonyl (C=O) groups is 1. The zero-order chi connectivity index (χ0) is 21.5. The number of alkyl halides is 3. The molecule has 1 aliphatic rings. The van der Waals surface area contributed by atoms with E-state index in [1.165, 1.54) is 18.2 Å². The summed E-state index contributed by atoms with van der Waals surface area (Å²) in [5.74, 6) is -0.245. The second-order valence-electron chi connectivity index (χ2n) is 7.48. The van der Waals surface area contributed by atoms with Crippen LogP contribution in [0.25, 0.3) is 11.0 Å². The molecule has 0 radical (unpaired) electrons. The molecule has 5 nitrogen and oxygen atoms in total. The Morgan fingerprint density at radius 1 is 1.10 bits per heavy atom. The summed E-state index contributed by atoms with van der Waals surface area (Å²) in [5.41, 5.74) is -0.975. The van der Waals surface area contributed by atoms with E-state index >= 15 is 0 Å². The molecule has 0 atom stereocenters. The fourth-order valence-corrected chi connectivity index (χ4v) is 5.46. The summed E-state index contributed by atoms with van der Waals surface area (Å²) >= 11 is 0. The van der Waals surface area contributed by atoms with Gasteiger partial charge in [-0.2, -0.15) is 13.2 Å². The molecule has 0 N–H and O–H groups in total. The minimum Gasteiger partial charge on any atom is -0.299 e. The third-order valence-corrected chi connectivity index (χ3v) is 7.20. The fourth-order valence-electron chi connectivity index (χ4n) is 3.94. The van der Waals surface area contributed by atoms with Crippen molar-refractivity contribution >= 4 is 26.8 Å². The van der Waals surface area contributed by atoms with Gasteiger partial charge in [-0.15, -0.1) is 0 Å². The predicted octanol–water partition coefficient (Wildman–Crippen LogP) is 4.59. The Kier molecular flexibility index (Phi) is 5.17. The molecule has 1 fully saturated rings. The Labute approximate surface area is 171 Å². The summed E-state index contributed by atoms with van der Waals surface area (Å²) < 4.78 is 66.9. The molecule has 9 heteroatoms. The number of fused-ring (bicyclic) bond motifs is 1. The van der Waals surface area contributed by atoms with E-state index in [1.54, 1.807) is 18.2 Å². The molecule has 2 heterocycles. The van der Waals surface area contributed by atoms with E-state index in [0.29, 0.717) is 6.20 Å². The monoisotopic (exact) mass is 436 g/mol. The highest BCUT2D eigenvalue weighted by atomic mass is 32.2. The number of pyridine rings is 1. The zero-order valence-corrected chi connectivity index (χ0v) is 16.7. The minimum absolute atomic E-state index is 0.0264. The number of hydrogen-bond acceptors (Lipinski definition) is 4. The third kappa shape index (κ3) is 3.74. The summed E-state index contributed by atoms with van der Waals surface area (Å²) in [5, 5.41) is 0.0264. The summed E-state index contributed by atoms with van der Waals surface area (Å²) in [6, 6.07) is 9.74. The molecule has 30 heavy (non-hydrogen) atoms. The number of rotatable bonds is 5. The van der Waals surface area contributed by atoms with Gasteiger partial charge in [-0.25, -0.2) is 17.4 Å². The van der Waals surface area contributed by atoms with E-state index in [0.717, 1.165) is 35.7 Å². The first kappa shape index (κ1) is 20.6. The maximum Gasteiger partial charge on any atom is 0.417 e. The van der Waals surface area contributed by atoms with E-state index in [4.69, 9.17) is 0 Å². The highest BCUT2D eigenvalue weighted by Crippen LogP contribution is 2.33. The summed E-state index contributed by atoms with van der Waals surface area (Å²) in [4.78, 5) is 16.5. The molecule has 1 aromatic carbocycles. The van der Waals surface area contributed by atoms with Crippen molar-refractivity contribution < 1.29 is 26.4 Å². The van der Waals surface area contributed by atoms with Gasteiger partial charge in [-0.05, 0) is 37.1 Å². The Balaban J connectivity index is 1.88. The first-order valence-corrected chi connectivity index (χ1v) is 11.0. The van der Waals surface area contributed by atoms with Crippen LogP contribution in [0.2, 0.25) is 0 Å². The molecule has 1 aliphatic carbocycles. The molecular formula is C21H19F3N2O3S. The molecule has 3 aromatic rings. The quantitative estimate of drug-likeness (QED) is 0.587. The summed E-state index contributed by atoms with van der Waals surface area (Å²) in [6.07, 6.45) is -0.782. The standard InChI is InChI=1S/C21H19F3N2O3S/c22-21(23,24)16-10-15-11-17(12-19(27)14-6-4-5-7-14)26(20(15)25-13-16)30(28,29)18-8-2-1-3-9-18/h1-3,8-11,13-14H,4-7,12H2. The highest BCUT2D eigenvalue weighted by molar-refractivity contribution is 7.90. The predicted molar refractivity (Wildman–Crippen MR) is 104 cm³/mol. The first-order chi connectivity index (χ1) is 14.2. The van der Waals surface area contributed by atoms with Gasteiger partial charge in [0, 0.05) is 29.6 Å². The lowest BCUT2D eigenvalue weighted by atomic mass is 9.99. The molecule has 4 rings (SSSR count). The molecule has 0 unspecified atom stereocenters. The van der Waals surface area contributed by atoms with Crippen molar-refractivity contribution in [2.75, 3.05) is 0 Å². The van der Waals surface area contributed by atoms with E-state index < -0.39 is 21.8 Å². The number of Topliss-reactive ketones (excluding diaryl/α,β-unsaturated/α-hetero) is 1. The van der Waals surface area contributed by atoms with Crippen LogP contribution in [-0.2, 0) is 27.4 Å². The molecule has 0 spiro atoms. The molecule has 0 aliphatic heterocycles. The lowest BCUT2D eigenvalue weighted by Gasteiger charge is -2.13. The Bertz CT molecular complexity index is 1200. The van der Waals surface area contributed by atoms with Crippen LogP contribution >= 0.6 is 0 Å². The van der Waals surface area contributed by atoms with Gasteiger partial charge >= 0.3 is 6.18 Å².